The molecule has 1 aliphatic heterocycles. The lowest BCUT2D eigenvalue weighted by atomic mass is 10.1. The Bertz CT molecular complexity index is 1490. The largest absolute Gasteiger partial charge is 0.481 e. The summed E-state index contributed by atoms with van der Waals surface area (Å²) in [6.45, 7) is 0.623. The first kappa shape index (κ1) is 26.6. The molecule has 5 N–H and O–H groups in total. The summed E-state index contributed by atoms with van der Waals surface area (Å²) >= 11 is 0. The van der Waals surface area contributed by atoms with Gasteiger partial charge in [-0.2, -0.15) is 4.31 Å². The van der Waals surface area contributed by atoms with Gasteiger partial charge in [-0.15, -0.1) is 0 Å². The van der Waals surface area contributed by atoms with Crippen molar-refractivity contribution in [2.75, 3.05) is 6.61 Å². The standard InChI is InChI=1S/C18H21N3O13P2/c1-9-2-3-12-10(6-9)11(19-33-12)7-21-14(22)4-5-20(18(21)25)17-16(24)15(23)13(32-17)8-31-36(29,30)34-35(26,27)28/h2-6,13,15-17,23-24H,7-8H2,1H3,(H,29,30)(H2,26,27,28). The van der Waals surface area contributed by atoms with Gasteiger partial charge in [-0.1, -0.05) is 16.8 Å². The number of benzene rings is 1. The Morgan fingerprint density at radius 1 is 1.11 bits per heavy atom. The molecule has 0 saturated carbocycles. The summed E-state index contributed by atoms with van der Waals surface area (Å²) in [7, 11) is -10.6. The van der Waals surface area contributed by atoms with E-state index in [2.05, 4.69) is 14.0 Å². The molecule has 0 aliphatic carbocycles. The van der Waals surface area contributed by atoms with Gasteiger partial charge in [0.2, 0.25) is 0 Å². The Morgan fingerprint density at radius 3 is 2.53 bits per heavy atom. The fourth-order valence-corrected chi connectivity index (χ4v) is 5.26. The van der Waals surface area contributed by atoms with Gasteiger partial charge in [-0.25, -0.2) is 13.9 Å². The van der Waals surface area contributed by atoms with E-state index in [0.717, 1.165) is 27.0 Å². The van der Waals surface area contributed by atoms with Crippen LogP contribution in [0.5, 0.6) is 0 Å². The highest BCUT2D eigenvalue weighted by atomic mass is 31.3. The third-order valence-corrected chi connectivity index (χ3v) is 7.48. The number of aliphatic hydroxyl groups excluding tert-OH is 2. The highest BCUT2D eigenvalue weighted by Crippen LogP contribution is 2.57. The first-order chi connectivity index (χ1) is 16.8. The van der Waals surface area contributed by atoms with E-state index in [1.165, 1.54) is 0 Å². The van der Waals surface area contributed by atoms with Crippen molar-refractivity contribution in [3.63, 3.8) is 0 Å². The van der Waals surface area contributed by atoms with Gasteiger partial charge in [0.1, 0.15) is 24.0 Å². The average Bonchev–Trinajstić information content (AvgIpc) is 3.29. The zero-order chi connectivity index (χ0) is 26.4. The van der Waals surface area contributed by atoms with Crippen molar-refractivity contribution in [2.45, 2.75) is 38.0 Å². The molecule has 1 saturated heterocycles. The van der Waals surface area contributed by atoms with Crippen LogP contribution in [0.1, 0.15) is 17.5 Å². The average molecular weight is 549 g/mol. The number of hydrogen-bond donors (Lipinski definition) is 5. The van der Waals surface area contributed by atoms with E-state index in [0.29, 0.717) is 16.7 Å². The number of nitrogens with zero attached hydrogens (tertiary/aromatic N) is 3. The fraction of sp³-hybridized carbons (Fsp3) is 0.389. The van der Waals surface area contributed by atoms with Gasteiger partial charge in [0.15, 0.2) is 11.8 Å². The smallest absolute Gasteiger partial charge is 0.387 e. The molecular formula is C18H21N3O13P2. The van der Waals surface area contributed by atoms with Crippen molar-refractivity contribution in [3.8, 4) is 0 Å². The van der Waals surface area contributed by atoms with Crippen LogP contribution in [-0.2, 0) is 29.2 Å². The number of aromatic nitrogens is 3. The van der Waals surface area contributed by atoms with E-state index in [9.17, 15) is 33.8 Å². The van der Waals surface area contributed by atoms with Gasteiger partial charge >= 0.3 is 21.3 Å². The summed E-state index contributed by atoms with van der Waals surface area (Å²) in [6, 6.07) is 6.29. The van der Waals surface area contributed by atoms with Crippen molar-refractivity contribution in [1.82, 2.24) is 14.3 Å². The van der Waals surface area contributed by atoms with Crippen LogP contribution in [0.15, 0.2) is 44.6 Å². The van der Waals surface area contributed by atoms with Crippen LogP contribution in [0.4, 0.5) is 0 Å². The molecule has 0 radical (unpaired) electrons. The number of phosphoric acid groups is 2. The number of rotatable bonds is 8. The van der Waals surface area contributed by atoms with Crippen LogP contribution in [0.3, 0.4) is 0 Å². The minimum Gasteiger partial charge on any atom is -0.387 e. The highest BCUT2D eigenvalue weighted by Gasteiger charge is 2.46. The number of hydrogen-bond acceptors (Lipinski definition) is 11. The zero-order valence-electron chi connectivity index (χ0n) is 18.3. The van der Waals surface area contributed by atoms with E-state index in [4.69, 9.17) is 19.0 Å². The van der Waals surface area contributed by atoms with Crippen molar-refractivity contribution >= 4 is 26.6 Å². The Balaban J connectivity index is 1.57. The molecule has 0 amide bonds. The molecule has 5 unspecified atom stereocenters. The third kappa shape index (κ3) is 5.58. The Hall–Kier alpha value is -2.49. The van der Waals surface area contributed by atoms with Gasteiger partial charge in [0, 0.05) is 17.6 Å². The quantitative estimate of drug-likeness (QED) is 0.220. The summed E-state index contributed by atoms with van der Waals surface area (Å²) in [5.41, 5.74) is 0.0246. The molecule has 5 atom stereocenters. The maximum atomic E-state index is 13.1. The summed E-state index contributed by atoms with van der Waals surface area (Å²) in [5, 5.41) is 25.2. The number of phosphoric ester groups is 1. The molecule has 36 heavy (non-hydrogen) atoms. The molecular weight excluding hydrogens is 528 g/mol. The summed E-state index contributed by atoms with van der Waals surface area (Å²) < 4.78 is 42.7. The molecule has 0 bridgehead atoms. The molecule has 1 aliphatic rings. The van der Waals surface area contributed by atoms with Crippen LogP contribution >= 0.6 is 15.6 Å². The molecule has 196 valence electrons. The van der Waals surface area contributed by atoms with Gasteiger partial charge in [-0.05, 0) is 19.1 Å². The van der Waals surface area contributed by atoms with E-state index in [1.807, 2.05) is 6.92 Å². The first-order valence-electron chi connectivity index (χ1n) is 10.2. The number of aliphatic hydroxyl groups is 2. The van der Waals surface area contributed by atoms with E-state index in [-0.39, 0.29) is 6.54 Å². The molecule has 1 aromatic carbocycles. The molecule has 4 rings (SSSR count). The summed E-state index contributed by atoms with van der Waals surface area (Å²) in [4.78, 5) is 52.3. The minimum atomic E-state index is -5.38. The van der Waals surface area contributed by atoms with Gasteiger partial charge in [0.05, 0.1) is 13.2 Å². The van der Waals surface area contributed by atoms with Crippen molar-refractivity contribution in [3.05, 3.63) is 62.6 Å². The van der Waals surface area contributed by atoms with Crippen LogP contribution in [0, 0.1) is 6.92 Å². The lowest BCUT2D eigenvalue weighted by Gasteiger charge is -2.19. The predicted molar refractivity (Wildman–Crippen MR) is 118 cm³/mol. The highest BCUT2D eigenvalue weighted by molar-refractivity contribution is 7.60. The van der Waals surface area contributed by atoms with Crippen molar-refractivity contribution in [1.29, 1.82) is 0 Å². The van der Waals surface area contributed by atoms with Gasteiger partial charge < -0.3 is 34.2 Å². The molecule has 1 fully saturated rings. The molecule has 0 spiro atoms. The minimum absolute atomic E-state index is 0.278. The van der Waals surface area contributed by atoms with Crippen LogP contribution in [-0.4, -0.2) is 64.1 Å². The molecule has 16 nitrogen and oxygen atoms in total. The van der Waals surface area contributed by atoms with E-state index < -0.39 is 58.0 Å². The SMILES string of the molecule is Cc1ccc2onc(Cn3c(=O)ccn(C4OC(COP(=O)(O)OP(=O)(O)O)C(O)C4O)c3=O)c2c1. The van der Waals surface area contributed by atoms with Crippen molar-refractivity contribution in [2.24, 2.45) is 0 Å². The molecule has 2 aromatic heterocycles. The van der Waals surface area contributed by atoms with Crippen molar-refractivity contribution < 1.29 is 52.1 Å². The lowest BCUT2D eigenvalue weighted by molar-refractivity contribution is -0.0547. The second-order valence-electron chi connectivity index (χ2n) is 7.94. The topological polar surface area (TPSA) is 233 Å². The Morgan fingerprint density at radius 2 is 1.83 bits per heavy atom. The maximum Gasteiger partial charge on any atom is 0.481 e. The summed E-state index contributed by atoms with van der Waals surface area (Å²) in [6.07, 6.45) is -5.53. The maximum absolute atomic E-state index is 13.1. The lowest BCUT2D eigenvalue weighted by Crippen LogP contribution is -2.43. The number of ether oxygens (including phenoxy) is 1. The first-order valence-corrected chi connectivity index (χ1v) is 13.2. The monoisotopic (exact) mass is 549 g/mol. The second-order valence-corrected chi connectivity index (χ2v) is 10.8. The van der Waals surface area contributed by atoms with Gasteiger partial charge in [0.25, 0.3) is 5.56 Å². The van der Waals surface area contributed by atoms with Crippen LogP contribution in [0.2, 0.25) is 0 Å². The molecule has 3 heterocycles. The fourth-order valence-electron chi connectivity index (χ4n) is 3.66. The van der Waals surface area contributed by atoms with Crippen LogP contribution in [0.25, 0.3) is 11.0 Å². The van der Waals surface area contributed by atoms with Crippen LogP contribution < -0.4 is 11.2 Å². The summed E-state index contributed by atoms with van der Waals surface area (Å²) in [5.74, 6) is 0. The number of aryl methyl sites for hydroxylation is 1. The third-order valence-electron chi connectivity index (χ3n) is 5.33. The second kappa shape index (κ2) is 9.76. The predicted octanol–water partition coefficient (Wildman–Crippen LogP) is -0.647. The van der Waals surface area contributed by atoms with Gasteiger partial charge in [-0.3, -0.25) is 18.5 Å². The Labute approximate surface area is 200 Å². The number of fused-ring (bicyclic) bond motifs is 1. The molecule has 3 aromatic rings. The van der Waals surface area contributed by atoms with E-state index in [1.54, 1.807) is 18.2 Å². The normalized spacial score (nSPS) is 24.3. The zero-order valence-corrected chi connectivity index (χ0v) is 20.1. The molecule has 18 heteroatoms. The van der Waals surface area contributed by atoms with E-state index >= 15 is 0 Å². The Kier molecular flexibility index (Phi) is 7.20.